The van der Waals surface area contributed by atoms with Crippen molar-refractivity contribution in [2.45, 2.75) is 13.0 Å². The highest BCUT2D eigenvalue weighted by Gasteiger charge is 2.09. The van der Waals surface area contributed by atoms with Crippen LogP contribution in [0.4, 0.5) is 0 Å². The summed E-state index contributed by atoms with van der Waals surface area (Å²) in [4.78, 5) is 17.0. The second-order valence-electron chi connectivity index (χ2n) is 3.54. The minimum atomic E-state index is -0.159. The van der Waals surface area contributed by atoms with Gasteiger partial charge in [0.2, 0.25) is 0 Å². The van der Waals surface area contributed by atoms with Crippen molar-refractivity contribution in [3.63, 3.8) is 0 Å². The third-order valence-corrected chi connectivity index (χ3v) is 4.41. The maximum Gasteiger partial charge on any atom is 0.270 e. The molecule has 2 aromatic heterocycles. The molecule has 0 saturated heterocycles. The van der Waals surface area contributed by atoms with Gasteiger partial charge in [0.25, 0.3) is 5.91 Å². The van der Waals surface area contributed by atoms with Gasteiger partial charge in [-0.2, -0.15) is 0 Å². The summed E-state index contributed by atoms with van der Waals surface area (Å²) in [5.74, 6) is -0.159. The van der Waals surface area contributed by atoms with E-state index in [2.05, 4.69) is 10.3 Å². The van der Waals surface area contributed by atoms with Gasteiger partial charge in [0.15, 0.2) is 0 Å². The lowest BCUT2D eigenvalue weighted by atomic mass is 10.3. The van der Waals surface area contributed by atoms with Crippen molar-refractivity contribution < 1.29 is 4.79 Å². The maximum atomic E-state index is 11.7. The van der Waals surface area contributed by atoms with E-state index in [1.807, 2.05) is 12.1 Å². The molecule has 0 fully saturated rings. The molecule has 18 heavy (non-hydrogen) atoms. The number of hydrogen-bond donors (Lipinski definition) is 2. The zero-order valence-electron chi connectivity index (χ0n) is 9.48. The molecule has 2 heterocycles. The molecule has 0 aliphatic carbocycles. The number of nitrogens with two attached hydrogens (primary N) is 1. The van der Waals surface area contributed by atoms with Gasteiger partial charge in [0.05, 0.1) is 4.34 Å². The van der Waals surface area contributed by atoms with Gasteiger partial charge in [-0.15, -0.1) is 22.7 Å². The quantitative estimate of drug-likeness (QED) is 0.890. The highest BCUT2D eigenvalue weighted by Crippen LogP contribution is 2.21. The second kappa shape index (κ2) is 6.29. The topological polar surface area (TPSA) is 68.0 Å². The van der Waals surface area contributed by atoms with Gasteiger partial charge >= 0.3 is 0 Å². The van der Waals surface area contributed by atoms with Crippen LogP contribution in [0.3, 0.4) is 0 Å². The van der Waals surface area contributed by atoms with Gasteiger partial charge in [0.1, 0.15) is 10.7 Å². The summed E-state index contributed by atoms with van der Waals surface area (Å²) in [6, 6.07) is 3.83. The predicted molar refractivity (Wildman–Crippen MR) is 75.4 cm³/mol. The van der Waals surface area contributed by atoms with E-state index in [4.69, 9.17) is 17.3 Å². The molecule has 7 heteroatoms. The van der Waals surface area contributed by atoms with Crippen LogP contribution >= 0.6 is 34.3 Å². The van der Waals surface area contributed by atoms with E-state index in [0.29, 0.717) is 18.8 Å². The van der Waals surface area contributed by atoms with Crippen LogP contribution in [0.15, 0.2) is 17.5 Å². The van der Waals surface area contributed by atoms with Crippen LogP contribution in [0.1, 0.15) is 20.4 Å². The number of nitrogens with zero attached hydrogens (tertiary/aromatic N) is 1. The Hall–Kier alpha value is -0.950. The van der Waals surface area contributed by atoms with Crippen molar-refractivity contribution in [2.24, 2.45) is 5.73 Å². The van der Waals surface area contributed by atoms with E-state index >= 15 is 0 Å². The van der Waals surface area contributed by atoms with Gasteiger partial charge in [0, 0.05) is 23.3 Å². The number of carbonyl (C=O) groups excluding carboxylic acids is 1. The molecule has 2 aromatic rings. The van der Waals surface area contributed by atoms with E-state index in [9.17, 15) is 4.79 Å². The Labute approximate surface area is 118 Å². The number of halogens is 1. The summed E-state index contributed by atoms with van der Waals surface area (Å²) in [6.45, 7) is 0.941. The molecule has 96 valence electrons. The Morgan fingerprint density at radius 2 is 2.33 bits per heavy atom. The highest BCUT2D eigenvalue weighted by molar-refractivity contribution is 7.16. The Bertz CT molecular complexity index is 538. The standard InChI is InChI=1S/C11H12ClN3OS2/c12-9-2-1-7(18-9)3-4-14-11(16)8-6-17-10(5-13)15-8/h1-2,6H,3-5,13H2,(H,14,16). The molecule has 0 aliphatic rings. The molecule has 0 spiro atoms. The number of amides is 1. The van der Waals surface area contributed by atoms with E-state index < -0.39 is 0 Å². The minimum Gasteiger partial charge on any atom is -0.350 e. The Morgan fingerprint density at radius 3 is 2.94 bits per heavy atom. The molecule has 1 amide bonds. The molecular weight excluding hydrogens is 290 g/mol. The first-order valence-electron chi connectivity index (χ1n) is 5.36. The van der Waals surface area contributed by atoms with Crippen LogP contribution in [0, 0.1) is 0 Å². The third kappa shape index (κ3) is 3.52. The molecule has 0 unspecified atom stereocenters. The van der Waals surface area contributed by atoms with Crippen LogP contribution in [-0.4, -0.2) is 17.4 Å². The first-order chi connectivity index (χ1) is 8.69. The van der Waals surface area contributed by atoms with E-state index in [1.54, 1.807) is 5.38 Å². The first kappa shape index (κ1) is 13.5. The molecule has 0 atom stereocenters. The third-order valence-electron chi connectivity index (χ3n) is 2.24. The zero-order valence-corrected chi connectivity index (χ0v) is 11.9. The molecule has 3 N–H and O–H groups in total. The molecule has 0 saturated carbocycles. The predicted octanol–water partition coefficient (Wildman–Crippen LogP) is 2.29. The fourth-order valence-electron chi connectivity index (χ4n) is 1.38. The molecule has 2 rings (SSSR count). The number of thiazole rings is 1. The van der Waals surface area contributed by atoms with Gasteiger partial charge in [-0.25, -0.2) is 4.98 Å². The fourth-order valence-corrected chi connectivity index (χ4v) is 3.13. The molecule has 0 aromatic carbocycles. The van der Waals surface area contributed by atoms with Crippen molar-refractivity contribution in [3.05, 3.63) is 37.4 Å². The fraction of sp³-hybridized carbons (Fsp3) is 0.273. The van der Waals surface area contributed by atoms with Gasteiger partial charge < -0.3 is 11.1 Å². The number of rotatable bonds is 5. The summed E-state index contributed by atoms with van der Waals surface area (Å²) in [7, 11) is 0. The summed E-state index contributed by atoms with van der Waals surface area (Å²) in [5.41, 5.74) is 5.88. The smallest absolute Gasteiger partial charge is 0.270 e. The molecule has 0 bridgehead atoms. The number of carbonyl (C=O) groups is 1. The van der Waals surface area contributed by atoms with E-state index in [-0.39, 0.29) is 5.91 Å². The number of nitrogens with one attached hydrogen (secondary N) is 1. The lowest BCUT2D eigenvalue weighted by molar-refractivity contribution is 0.0950. The largest absolute Gasteiger partial charge is 0.350 e. The highest BCUT2D eigenvalue weighted by atomic mass is 35.5. The van der Waals surface area contributed by atoms with Crippen LogP contribution in [0.25, 0.3) is 0 Å². The molecule has 4 nitrogen and oxygen atoms in total. The zero-order chi connectivity index (χ0) is 13.0. The van der Waals surface area contributed by atoms with Crippen LogP contribution < -0.4 is 11.1 Å². The Morgan fingerprint density at radius 1 is 1.50 bits per heavy atom. The van der Waals surface area contributed by atoms with Gasteiger partial charge in [-0.1, -0.05) is 11.6 Å². The summed E-state index contributed by atoms with van der Waals surface area (Å²) < 4.78 is 0.767. The van der Waals surface area contributed by atoms with Gasteiger partial charge in [-0.05, 0) is 18.6 Å². The normalized spacial score (nSPS) is 10.6. The minimum absolute atomic E-state index is 0.159. The SMILES string of the molecule is NCc1nc(C(=O)NCCc2ccc(Cl)s2)cs1. The van der Waals surface area contributed by atoms with Crippen LogP contribution in [-0.2, 0) is 13.0 Å². The van der Waals surface area contributed by atoms with Crippen LogP contribution in [0.5, 0.6) is 0 Å². The van der Waals surface area contributed by atoms with Crippen molar-refractivity contribution in [1.82, 2.24) is 10.3 Å². The monoisotopic (exact) mass is 301 g/mol. The van der Waals surface area contributed by atoms with Crippen LogP contribution in [0.2, 0.25) is 4.34 Å². The Balaban J connectivity index is 1.81. The van der Waals surface area contributed by atoms with E-state index in [1.165, 1.54) is 22.7 Å². The molecular formula is C11H12ClN3OS2. The van der Waals surface area contributed by atoms with E-state index in [0.717, 1.165) is 20.6 Å². The lowest BCUT2D eigenvalue weighted by Gasteiger charge is -2.01. The summed E-state index contributed by atoms with van der Waals surface area (Å²) in [5, 5.41) is 5.31. The number of hydrogen-bond acceptors (Lipinski definition) is 5. The Kier molecular flexibility index (Phi) is 4.71. The molecule has 0 aliphatic heterocycles. The summed E-state index contributed by atoms with van der Waals surface area (Å²) in [6.07, 6.45) is 0.775. The average Bonchev–Trinajstić information content (AvgIpc) is 2.98. The number of thiophene rings is 1. The average molecular weight is 302 g/mol. The lowest BCUT2D eigenvalue weighted by Crippen LogP contribution is -2.25. The summed E-state index contributed by atoms with van der Waals surface area (Å²) >= 11 is 8.75. The van der Waals surface area contributed by atoms with Crippen molar-refractivity contribution in [1.29, 1.82) is 0 Å². The van der Waals surface area contributed by atoms with Gasteiger partial charge in [-0.3, -0.25) is 4.79 Å². The first-order valence-corrected chi connectivity index (χ1v) is 7.43. The van der Waals surface area contributed by atoms with Crippen molar-refractivity contribution in [2.75, 3.05) is 6.54 Å². The second-order valence-corrected chi connectivity index (χ2v) is 6.28. The molecule has 0 radical (unpaired) electrons. The van der Waals surface area contributed by atoms with Crippen molar-refractivity contribution >= 4 is 40.2 Å². The van der Waals surface area contributed by atoms with Crippen molar-refractivity contribution in [3.8, 4) is 0 Å². The maximum absolute atomic E-state index is 11.7. The number of aromatic nitrogens is 1.